The molecule has 0 spiro atoms. The Morgan fingerprint density at radius 3 is 2.37 bits per heavy atom. The standard InChI is InChI=1S/C13H18N2O3S/c1-3-9-19(17,18)10-8-15-12-7-5-4-6-11(12)14(2)13(15)16/h4-7H,3,8-10H2,1-2H3. The highest BCUT2D eigenvalue weighted by Crippen LogP contribution is 2.11. The summed E-state index contributed by atoms with van der Waals surface area (Å²) in [5.74, 6) is 0.182. The molecular formula is C13H18N2O3S. The van der Waals surface area contributed by atoms with Crippen LogP contribution < -0.4 is 5.69 Å². The van der Waals surface area contributed by atoms with E-state index in [1.807, 2.05) is 31.2 Å². The Bertz CT molecular complexity index is 741. The summed E-state index contributed by atoms with van der Waals surface area (Å²) >= 11 is 0. The zero-order valence-corrected chi connectivity index (χ0v) is 12.0. The van der Waals surface area contributed by atoms with Gasteiger partial charge in [-0.3, -0.25) is 9.13 Å². The predicted molar refractivity (Wildman–Crippen MR) is 76.1 cm³/mol. The molecule has 0 aliphatic rings. The second kappa shape index (κ2) is 5.21. The highest BCUT2D eigenvalue weighted by molar-refractivity contribution is 7.91. The van der Waals surface area contributed by atoms with Crippen molar-refractivity contribution in [2.24, 2.45) is 7.05 Å². The van der Waals surface area contributed by atoms with Gasteiger partial charge in [-0.05, 0) is 18.6 Å². The highest BCUT2D eigenvalue weighted by atomic mass is 32.2. The third-order valence-corrected chi connectivity index (χ3v) is 5.03. The molecule has 0 saturated carbocycles. The molecule has 0 unspecified atom stereocenters. The molecule has 0 aliphatic heterocycles. The van der Waals surface area contributed by atoms with Gasteiger partial charge in [0.25, 0.3) is 0 Å². The number of imidazole rings is 1. The third kappa shape index (κ3) is 2.73. The van der Waals surface area contributed by atoms with E-state index in [2.05, 4.69) is 0 Å². The lowest BCUT2D eigenvalue weighted by Gasteiger charge is -2.04. The average Bonchev–Trinajstić information content (AvgIpc) is 2.61. The van der Waals surface area contributed by atoms with Crippen LogP contribution in [0.1, 0.15) is 13.3 Å². The zero-order chi connectivity index (χ0) is 14.0. The third-order valence-electron chi connectivity index (χ3n) is 3.19. The summed E-state index contributed by atoms with van der Waals surface area (Å²) in [5.41, 5.74) is 1.43. The minimum Gasteiger partial charge on any atom is -0.295 e. The molecule has 0 aliphatic carbocycles. The minimum atomic E-state index is -3.07. The number of nitrogens with zero attached hydrogens (tertiary/aromatic N) is 2. The average molecular weight is 282 g/mol. The summed E-state index contributed by atoms with van der Waals surface area (Å²) in [5, 5.41) is 0. The number of hydrogen-bond donors (Lipinski definition) is 0. The molecule has 6 heteroatoms. The van der Waals surface area contributed by atoms with Crippen molar-refractivity contribution in [3.63, 3.8) is 0 Å². The van der Waals surface area contributed by atoms with Crippen LogP contribution in [0.25, 0.3) is 11.0 Å². The molecule has 1 aromatic carbocycles. The van der Waals surface area contributed by atoms with Crippen LogP contribution >= 0.6 is 0 Å². The van der Waals surface area contributed by atoms with Gasteiger partial charge >= 0.3 is 5.69 Å². The lowest BCUT2D eigenvalue weighted by Crippen LogP contribution is -2.26. The molecule has 1 heterocycles. The van der Waals surface area contributed by atoms with Crippen molar-refractivity contribution >= 4 is 20.9 Å². The number of sulfone groups is 1. The van der Waals surface area contributed by atoms with E-state index in [0.717, 1.165) is 11.0 Å². The molecule has 2 aromatic rings. The van der Waals surface area contributed by atoms with Crippen LogP contribution in [0, 0.1) is 0 Å². The quantitative estimate of drug-likeness (QED) is 0.827. The topological polar surface area (TPSA) is 61.1 Å². The van der Waals surface area contributed by atoms with E-state index >= 15 is 0 Å². The number of aromatic nitrogens is 2. The number of hydrogen-bond acceptors (Lipinski definition) is 3. The Morgan fingerprint density at radius 2 is 1.74 bits per heavy atom. The Balaban J connectivity index is 2.37. The van der Waals surface area contributed by atoms with Crippen molar-refractivity contribution in [3.05, 3.63) is 34.7 Å². The lowest BCUT2D eigenvalue weighted by atomic mass is 10.3. The maximum Gasteiger partial charge on any atom is 0.328 e. The molecule has 0 atom stereocenters. The van der Waals surface area contributed by atoms with Crippen LogP contribution in [0.5, 0.6) is 0 Å². The largest absolute Gasteiger partial charge is 0.328 e. The van der Waals surface area contributed by atoms with Crippen molar-refractivity contribution in [1.82, 2.24) is 9.13 Å². The van der Waals surface area contributed by atoms with Gasteiger partial charge in [0.05, 0.1) is 16.8 Å². The van der Waals surface area contributed by atoms with E-state index in [0.29, 0.717) is 6.42 Å². The van der Waals surface area contributed by atoms with Crippen molar-refractivity contribution in [2.75, 3.05) is 11.5 Å². The zero-order valence-electron chi connectivity index (χ0n) is 11.2. The van der Waals surface area contributed by atoms with Crippen molar-refractivity contribution in [2.45, 2.75) is 19.9 Å². The second-order valence-electron chi connectivity index (χ2n) is 4.63. The number of benzene rings is 1. The number of aryl methyl sites for hydroxylation is 2. The minimum absolute atomic E-state index is 0.00868. The van der Waals surface area contributed by atoms with E-state index in [9.17, 15) is 13.2 Å². The summed E-state index contributed by atoms with van der Waals surface area (Å²) < 4.78 is 26.5. The van der Waals surface area contributed by atoms with Gasteiger partial charge < -0.3 is 0 Å². The van der Waals surface area contributed by atoms with Gasteiger partial charge in [-0.25, -0.2) is 13.2 Å². The van der Waals surface area contributed by atoms with E-state index < -0.39 is 9.84 Å². The van der Waals surface area contributed by atoms with Crippen LogP contribution in [0.3, 0.4) is 0 Å². The highest BCUT2D eigenvalue weighted by Gasteiger charge is 2.14. The number of para-hydroxylation sites is 2. The molecular weight excluding hydrogens is 264 g/mol. The van der Waals surface area contributed by atoms with Gasteiger partial charge in [-0.2, -0.15) is 0 Å². The van der Waals surface area contributed by atoms with Crippen molar-refractivity contribution < 1.29 is 8.42 Å². The molecule has 1 aromatic heterocycles. The van der Waals surface area contributed by atoms with E-state index in [1.54, 1.807) is 11.6 Å². The Hall–Kier alpha value is -1.56. The van der Waals surface area contributed by atoms with Crippen LogP contribution in [-0.2, 0) is 23.4 Å². The maximum absolute atomic E-state index is 12.1. The van der Waals surface area contributed by atoms with Crippen LogP contribution in [0.2, 0.25) is 0 Å². The first-order chi connectivity index (χ1) is 8.96. The summed E-state index contributed by atoms with van der Waals surface area (Å²) in [7, 11) is -1.38. The Labute approximate surface area is 112 Å². The van der Waals surface area contributed by atoms with E-state index in [1.165, 1.54) is 4.57 Å². The summed E-state index contributed by atoms with van der Waals surface area (Å²) in [6.45, 7) is 2.05. The SMILES string of the molecule is CCCS(=O)(=O)CCn1c(=O)n(C)c2ccccc21. The fraction of sp³-hybridized carbons (Fsp3) is 0.462. The molecule has 0 bridgehead atoms. The summed E-state index contributed by atoms with van der Waals surface area (Å²) in [4.78, 5) is 12.1. The molecule has 0 N–H and O–H groups in total. The first-order valence-electron chi connectivity index (χ1n) is 6.31. The monoisotopic (exact) mass is 282 g/mol. The Kier molecular flexibility index (Phi) is 3.80. The molecule has 0 amide bonds. The molecule has 19 heavy (non-hydrogen) atoms. The van der Waals surface area contributed by atoms with Crippen LogP contribution in [-0.4, -0.2) is 29.1 Å². The van der Waals surface area contributed by atoms with Gasteiger partial charge in [0.2, 0.25) is 0 Å². The molecule has 0 radical (unpaired) electrons. The fourth-order valence-corrected chi connectivity index (χ4v) is 3.51. The predicted octanol–water partition coefficient (Wildman–Crippen LogP) is 1.16. The normalized spacial score (nSPS) is 12.1. The molecule has 5 nitrogen and oxygen atoms in total. The summed E-state index contributed by atoms with van der Waals surface area (Å²) in [6.07, 6.45) is 0.604. The van der Waals surface area contributed by atoms with E-state index in [4.69, 9.17) is 0 Å². The smallest absolute Gasteiger partial charge is 0.295 e. The second-order valence-corrected chi connectivity index (χ2v) is 6.94. The van der Waals surface area contributed by atoms with E-state index in [-0.39, 0.29) is 23.7 Å². The van der Waals surface area contributed by atoms with Gasteiger partial charge in [0.15, 0.2) is 9.84 Å². The molecule has 0 fully saturated rings. The fourth-order valence-electron chi connectivity index (χ4n) is 2.22. The first kappa shape index (κ1) is 13.9. The van der Waals surface area contributed by atoms with Crippen molar-refractivity contribution in [3.8, 4) is 0 Å². The number of fused-ring (bicyclic) bond motifs is 1. The lowest BCUT2D eigenvalue weighted by molar-refractivity contribution is 0.586. The Morgan fingerprint density at radius 1 is 1.11 bits per heavy atom. The molecule has 104 valence electrons. The van der Waals surface area contributed by atoms with Crippen LogP contribution in [0.15, 0.2) is 29.1 Å². The first-order valence-corrected chi connectivity index (χ1v) is 8.13. The van der Waals surface area contributed by atoms with Gasteiger partial charge in [-0.15, -0.1) is 0 Å². The van der Waals surface area contributed by atoms with Crippen molar-refractivity contribution in [1.29, 1.82) is 0 Å². The molecule has 2 rings (SSSR count). The number of rotatable bonds is 5. The summed E-state index contributed by atoms with van der Waals surface area (Å²) in [6, 6.07) is 7.40. The van der Waals surface area contributed by atoms with Crippen LogP contribution in [0.4, 0.5) is 0 Å². The molecule has 0 saturated heterocycles. The maximum atomic E-state index is 12.1. The van der Waals surface area contributed by atoms with Gasteiger partial charge in [0, 0.05) is 19.3 Å². The van der Waals surface area contributed by atoms with Gasteiger partial charge in [-0.1, -0.05) is 19.1 Å². The van der Waals surface area contributed by atoms with Gasteiger partial charge in [0.1, 0.15) is 0 Å².